The van der Waals surface area contributed by atoms with Crippen LogP contribution in [0, 0.1) is 0 Å². The summed E-state index contributed by atoms with van der Waals surface area (Å²) in [6, 6.07) is 6.43. The molecular formula is C19H28N4O2. The van der Waals surface area contributed by atoms with Gasteiger partial charge in [0.2, 0.25) is 5.91 Å². The van der Waals surface area contributed by atoms with Crippen LogP contribution in [0.1, 0.15) is 25.7 Å². The van der Waals surface area contributed by atoms with E-state index in [1.54, 1.807) is 0 Å². The standard InChI is InChI=1S/C19H28N4O2/c24-19(15-23-13-14-25-17-6-2-1-5-16(17)23)22-11-9-21(10-12-22)18-7-3-4-8-20-18/h3-4,7-8,16-17H,1-2,5-6,9-15H2/t16-,17+/m1/s1. The van der Waals surface area contributed by atoms with Gasteiger partial charge in [0.25, 0.3) is 0 Å². The van der Waals surface area contributed by atoms with Crippen LogP contribution < -0.4 is 4.90 Å². The molecule has 1 saturated carbocycles. The Kier molecular flexibility index (Phi) is 5.17. The number of rotatable bonds is 3. The highest BCUT2D eigenvalue weighted by Gasteiger charge is 2.35. The predicted molar refractivity (Wildman–Crippen MR) is 96.6 cm³/mol. The molecule has 3 fully saturated rings. The monoisotopic (exact) mass is 344 g/mol. The summed E-state index contributed by atoms with van der Waals surface area (Å²) in [5, 5.41) is 0. The summed E-state index contributed by atoms with van der Waals surface area (Å²) in [4.78, 5) is 23.9. The lowest BCUT2D eigenvalue weighted by molar-refractivity contribution is -0.139. The number of pyridine rings is 1. The fourth-order valence-electron chi connectivity index (χ4n) is 4.37. The molecule has 1 amide bonds. The van der Waals surface area contributed by atoms with E-state index in [0.29, 0.717) is 18.7 Å². The van der Waals surface area contributed by atoms with Gasteiger partial charge in [0.1, 0.15) is 5.82 Å². The summed E-state index contributed by atoms with van der Waals surface area (Å²) in [5.41, 5.74) is 0. The van der Waals surface area contributed by atoms with E-state index >= 15 is 0 Å². The zero-order chi connectivity index (χ0) is 17.1. The van der Waals surface area contributed by atoms with E-state index in [4.69, 9.17) is 4.74 Å². The van der Waals surface area contributed by atoms with E-state index in [2.05, 4.69) is 14.8 Å². The first-order valence-corrected chi connectivity index (χ1v) is 9.61. The molecule has 1 aromatic heterocycles. The van der Waals surface area contributed by atoms with Crippen molar-refractivity contribution in [3.63, 3.8) is 0 Å². The third-order valence-corrected chi connectivity index (χ3v) is 5.79. The van der Waals surface area contributed by atoms with Crippen LogP contribution >= 0.6 is 0 Å². The zero-order valence-corrected chi connectivity index (χ0v) is 14.8. The average molecular weight is 344 g/mol. The zero-order valence-electron chi connectivity index (χ0n) is 14.8. The number of hydrogen-bond donors (Lipinski definition) is 0. The number of morpholine rings is 1. The van der Waals surface area contributed by atoms with Gasteiger partial charge in [-0.05, 0) is 25.0 Å². The Hall–Kier alpha value is -1.66. The molecule has 25 heavy (non-hydrogen) atoms. The minimum Gasteiger partial charge on any atom is -0.375 e. The van der Waals surface area contributed by atoms with Gasteiger partial charge in [0.15, 0.2) is 0 Å². The van der Waals surface area contributed by atoms with Crippen LogP contribution in [0.3, 0.4) is 0 Å². The van der Waals surface area contributed by atoms with E-state index in [1.807, 2.05) is 29.3 Å². The number of nitrogens with zero attached hydrogens (tertiary/aromatic N) is 4. The molecule has 3 aliphatic rings. The summed E-state index contributed by atoms with van der Waals surface area (Å²) >= 11 is 0. The van der Waals surface area contributed by atoms with Gasteiger partial charge in [-0.1, -0.05) is 18.9 Å². The highest BCUT2D eigenvalue weighted by Crippen LogP contribution is 2.28. The van der Waals surface area contributed by atoms with E-state index in [9.17, 15) is 4.79 Å². The number of ether oxygens (including phenoxy) is 1. The van der Waals surface area contributed by atoms with Crippen molar-refractivity contribution in [3.8, 4) is 0 Å². The molecule has 0 spiro atoms. The molecule has 1 aromatic rings. The number of piperazine rings is 1. The third kappa shape index (κ3) is 3.80. The topological polar surface area (TPSA) is 48.9 Å². The van der Waals surface area contributed by atoms with Gasteiger partial charge in [0.05, 0.1) is 19.3 Å². The molecule has 0 aromatic carbocycles. The van der Waals surface area contributed by atoms with E-state index in [-0.39, 0.29) is 5.91 Å². The lowest BCUT2D eigenvalue weighted by Crippen LogP contribution is -2.57. The SMILES string of the molecule is O=C(CN1CCO[C@H]2CCCC[C@H]21)N1CCN(c2ccccn2)CC1. The molecule has 0 bridgehead atoms. The molecule has 0 unspecified atom stereocenters. The van der Waals surface area contributed by atoms with Gasteiger partial charge in [0, 0.05) is 45.0 Å². The average Bonchev–Trinajstić information content (AvgIpc) is 2.69. The number of amides is 1. The second-order valence-corrected chi connectivity index (χ2v) is 7.29. The van der Waals surface area contributed by atoms with Crippen LogP contribution in [0.2, 0.25) is 0 Å². The highest BCUT2D eigenvalue weighted by molar-refractivity contribution is 5.78. The maximum absolute atomic E-state index is 12.8. The Morgan fingerprint density at radius 3 is 2.76 bits per heavy atom. The second kappa shape index (κ2) is 7.70. The summed E-state index contributed by atoms with van der Waals surface area (Å²) in [6.45, 7) is 5.49. The highest BCUT2D eigenvalue weighted by atomic mass is 16.5. The predicted octanol–water partition coefficient (Wildman–Crippen LogP) is 1.37. The molecule has 6 heteroatoms. The maximum Gasteiger partial charge on any atom is 0.236 e. The molecule has 6 nitrogen and oxygen atoms in total. The Balaban J connectivity index is 1.30. The second-order valence-electron chi connectivity index (χ2n) is 7.29. The largest absolute Gasteiger partial charge is 0.375 e. The first kappa shape index (κ1) is 16.8. The van der Waals surface area contributed by atoms with Crippen LogP contribution in [0.15, 0.2) is 24.4 Å². The maximum atomic E-state index is 12.8. The fraction of sp³-hybridized carbons (Fsp3) is 0.684. The van der Waals surface area contributed by atoms with Crippen LogP contribution in [0.4, 0.5) is 5.82 Å². The quantitative estimate of drug-likeness (QED) is 0.829. The number of carbonyl (C=O) groups excluding carboxylic acids is 1. The Morgan fingerprint density at radius 1 is 1.12 bits per heavy atom. The van der Waals surface area contributed by atoms with Crippen molar-refractivity contribution < 1.29 is 9.53 Å². The van der Waals surface area contributed by atoms with Crippen LogP contribution in [0.5, 0.6) is 0 Å². The van der Waals surface area contributed by atoms with Crippen molar-refractivity contribution >= 4 is 11.7 Å². The Morgan fingerprint density at radius 2 is 1.96 bits per heavy atom. The molecule has 0 N–H and O–H groups in total. The van der Waals surface area contributed by atoms with Gasteiger partial charge in [-0.2, -0.15) is 0 Å². The van der Waals surface area contributed by atoms with E-state index < -0.39 is 0 Å². The first-order chi connectivity index (χ1) is 12.3. The molecular weight excluding hydrogens is 316 g/mol. The number of fused-ring (bicyclic) bond motifs is 1. The van der Waals surface area contributed by atoms with Gasteiger partial charge in [-0.15, -0.1) is 0 Å². The smallest absolute Gasteiger partial charge is 0.236 e. The van der Waals surface area contributed by atoms with Gasteiger partial charge >= 0.3 is 0 Å². The normalized spacial score (nSPS) is 27.8. The van der Waals surface area contributed by atoms with Gasteiger partial charge in [-0.3, -0.25) is 9.69 Å². The Labute approximate surface area is 149 Å². The molecule has 2 aliphatic heterocycles. The van der Waals surface area contributed by atoms with Crippen molar-refractivity contribution in [2.24, 2.45) is 0 Å². The van der Waals surface area contributed by atoms with Crippen molar-refractivity contribution in [2.45, 2.75) is 37.8 Å². The molecule has 136 valence electrons. The summed E-state index contributed by atoms with van der Waals surface area (Å²) in [5.74, 6) is 1.28. The molecule has 2 saturated heterocycles. The molecule has 4 rings (SSSR count). The van der Waals surface area contributed by atoms with Gasteiger partial charge < -0.3 is 14.5 Å². The first-order valence-electron chi connectivity index (χ1n) is 9.61. The Bertz CT molecular complexity index is 572. The van der Waals surface area contributed by atoms with E-state index in [1.165, 1.54) is 19.3 Å². The van der Waals surface area contributed by atoms with Crippen LogP contribution in [-0.2, 0) is 9.53 Å². The number of hydrogen-bond acceptors (Lipinski definition) is 5. The molecule has 0 radical (unpaired) electrons. The van der Waals surface area contributed by atoms with Crippen LogP contribution in [0.25, 0.3) is 0 Å². The fourth-order valence-corrected chi connectivity index (χ4v) is 4.37. The van der Waals surface area contributed by atoms with Crippen molar-refractivity contribution in [1.82, 2.24) is 14.8 Å². The number of aromatic nitrogens is 1. The molecule has 2 atom stereocenters. The lowest BCUT2D eigenvalue weighted by atomic mass is 9.90. The lowest BCUT2D eigenvalue weighted by Gasteiger charge is -2.44. The number of carbonyl (C=O) groups is 1. The van der Waals surface area contributed by atoms with Gasteiger partial charge in [-0.25, -0.2) is 4.98 Å². The minimum absolute atomic E-state index is 0.270. The summed E-state index contributed by atoms with van der Waals surface area (Å²) < 4.78 is 5.92. The van der Waals surface area contributed by atoms with E-state index in [0.717, 1.165) is 51.6 Å². The van der Waals surface area contributed by atoms with Crippen molar-refractivity contribution in [1.29, 1.82) is 0 Å². The molecule has 1 aliphatic carbocycles. The number of anilines is 1. The minimum atomic E-state index is 0.270. The molecule has 3 heterocycles. The van der Waals surface area contributed by atoms with Crippen LogP contribution in [-0.4, -0.2) is 78.7 Å². The summed E-state index contributed by atoms with van der Waals surface area (Å²) in [6.07, 6.45) is 7.02. The summed E-state index contributed by atoms with van der Waals surface area (Å²) in [7, 11) is 0. The van der Waals surface area contributed by atoms with Crippen molar-refractivity contribution in [3.05, 3.63) is 24.4 Å². The van der Waals surface area contributed by atoms with Crippen molar-refractivity contribution in [2.75, 3.05) is 50.8 Å². The third-order valence-electron chi connectivity index (χ3n) is 5.79.